The number of methoxy groups -OCH3 is 1. The van der Waals surface area contributed by atoms with Crippen molar-refractivity contribution in [2.24, 2.45) is 0 Å². The number of amides is 2. The van der Waals surface area contributed by atoms with Crippen LogP contribution in [0, 0.1) is 0 Å². The summed E-state index contributed by atoms with van der Waals surface area (Å²) in [6.45, 7) is 1.17. The summed E-state index contributed by atoms with van der Waals surface area (Å²) in [5, 5.41) is 2.58. The van der Waals surface area contributed by atoms with Gasteiger partial charge in [-0.25, -0.2) is 9.78 Å². The number of carbonyl (C=O) groups is 2. The lowest BCUT2D eigenvalue weighted by Crippen LogP contribution is -2.50. The fourth-order valence-corrected chi connectivity index (χ4v) is 3.94. The molecule has 2 aromatic rings. The average molecular weight is 436 g/mol. The molecule has 2 amide bonds. The summed E-state index contributed by atoms with van der Waals surface area (Å²) >= 11 is 0. The molecule has 0 spiro atoms. The molecule has 1 saturated heterocycles. The molecule has 3 heterocycles. The number of H-pyrrole nitrogens is 1. The number of imidazole rings is 1. The summed E-state index contributed by atoms with van der Waals surface area (Å²) in [7, 11) is 7.21. The van der Waals surface area contributed by atoms with E-state index in [4.69, 9.17) is 17.3 Å². The molecule has 1 aromatic heterocycles. The van der Waals surface area contributed by atoms with E-state index in [-0.39, 0.29) is 25.2 Å². The van der Waals surface area contributed by atoms with Crippen LogP contribution in [-0.4, -0.2) is 74.2 Å². The summed E-state index contributed by atoms with van der Waals surface area (Å²) < 4.78 is 16.2. The zero-order valence-electron chi connectivity index (χ0n) is 17.9. The lowest BCUT2D eigenvalue weighted by molar-refractivity contribution is -0.135. The van der Waals surface area contributed by atoms with Gasteiger partial charge in [0.2, 0.25) is 5.91 Å². The zero-order chi connectivity index (χ0) is 22.5. The van der Waals surface area contributed by atoms with E-state index in [1.165, 1.54) is 7.11 Å². The van der Waals surface area contributed by atoms with E-state index in [9.17, 15) is 9.59 Å². The first-order chi connectivity index (χ1) is 15.6. The van der Waals surface area contributed by atoms with Gasteiger partial charge in [-0.1, -0.05) is 17.6 Å². The monoisotopic (exact) mass is 436 g/mol. The number of nitrogens with one attached hydrogen (secondary N) is 2. The molecule has 4 rings (SSSR count). The fourth-order valence-electron chi connectivity index (χ4n) is 3.94. The average Bonchev–Trinajstić information content (AvgIpc) is 3.46. The molecule has 2 atom stereocenters. The predicted molar refractivity (Wildman–Crippen MR) is 118 cm³/mol. The zero-order valence-corrected chi connectivity index (χ0v) is 17.9. The smallest absolute Gasteiger partial charge is 0.407 e. The van der Waals surface area contributed by atoms with Gasteiger partial charge in [-0.2, -0.15) is 0 Å². The molecule has 1 aromatic carbocycles. The van der Waals surface area contributed by atoms with Crippen LogP contribution in [0.25, 0.3) is 11.3 Å². The minimum Gasteiger partial charge on any atom is -0.489 e. The molecule has 0 aliphatic carbocycles. The molecule has 10 heteroatoms. The summed E-state index contributed by atoms with van der Waals surface area (Å²) in [5.41, 5.74) is 2.20. The summed E-state index contributed by atoms with van der Waals surface area (Å²) in [4.78, 5) is 34.7. The van der Waals surface area contributed by atoms with E-state index in [0.717, 1.165) is 24.1 Å². The maximum Gasteiger partial charge on any atom is 0.407 e. The molecule has 9 nitrogen and oxygen atoms in total. The molecule has 1 fully saturated rings. The number of hydrogen-bond donors (Lipinski definition) is 2. The molecule has 2 bridgehead atoms. The van der Waals surface area contributed by atoms with E-state index in [1.807, 2.05) is 12.1 Å². The number of alkyl carbamates (subject to hydrolysis) is 1. The molecule has 2 aliphatic rings. The van der Waals surface area contributed by atoms with Gasteiger partial charge < -0.3 is 29.4 Å². The van der Waals surface area contributed by atoms with Crippen molar-refractivity contribution in [1.29, 1.82) is 0 Å². The maximum atomic E-state index is 13.3. The van der Waals surface area contributed by atoms with Gasteiger partial charge in [0.05, 0.1) is 38.3 Å². The van der Waals surface area contributed by atoms with Crippen molar-refractivity contribution >= 4 is 25.3 Å². The first kappa shape index (κ1) is 21.9. The fraction of sp³-hybridized carbons (Fsp3) is 0.409. The Kier molecular flexibility index (Phi) is 6.79. The van der Waals surface area contributed by atoms with Crippen LogP contribution < -0.4 is 15.5 Å². The Bertz CT molecular complexity index is 1010. The Morgan fingerprint density at radius 2 is 2.19 bits per heavy atom. The first-order valence-corrected chi connectivity index (χ1v) is 10.5. The summed E-state index contributed by atoms with van der Waals surface area (Å²) in [6, 6.07) is 4.37. The molecule has 2 unspecified atom stereocenters. The molecule has 32 heavy (non-hydrogen) atoms. The third-order valence-electron chi connectivity index (χ3n) is 5.52. The number of aromatic amines is 1. The van der Waals surface area contributed by atoms with Gasteiger partial charge in [-0.15, -0.1) is 0 Å². The minimum absolute atomic E-state index is 0.0190. The highest BCUT2D eigenvalue weighted by atomic mass is 16.5. The van der Waals surface area contributed by atoms with Crippen LogP contribution in [0.5, 0.6) is 5.75 Å². The Labute approximate surface area is 187 Å². The van der Waals surface area contributed by atoms with Gasteiger partial charge in [0.1, 0.15) is 32.1 Å². The van der Waals surface area contributed by atoms with Crippen LogP contribution in [0.1, 0.15) is 24.7 Å². The Morgan fingerprint density at radius 1 is 1.34 bits per heavy atom. The molecule has 2 radical (unpaired) electrons. The van der Waals surface area contributed by atoms with Crippen molar-refractivity contribution in [3.05, 3.63) is 42.4 Å². The summed E-state index contributed by atoms with van der Waals surface area (Å²) in [5.74, 6) is 1.08. The summed E-state index contributed by atoms with van der Waals surface area (Å²) in [6.07, 6.45) is 6.26. The van der Waals surface area contributed by atoms with E-state index in [2.05, 4.69) is 20.0 Å². The highest BCUT2D eigenvalue weighted by molar-refractivity contribution is 6.32. The lowest BCUT2D eigenvalue weighted by atomic mass is 9.94. The number of carbonyl (C=O) groups excluding carboxylic acids is 2. The topological polar surface area (TPSA) is 106 Å². The van der Waals surface area contributed by atoms with Gasteiger partial charge >= 0.3 is 6.09 Å². The lowest BCUT2D eigenvalue weighted by Gasteiger charge is -2.28. The van der Waals surface area contributed by atoms with Gasteiger partial charge in [0.15, 0.2) is 0 Å². The SMILES string of the molecule is [B]c1ccc2c(c1)OC/C=C\COCC(NC(=O)OC)C(=O)N1CCCC1c1ncc-2[nH]1. The Morgan fingerprint density at radius 3 is 3.03 bits per heavy atom. The van der Waals surface area contributed by atoms with Gasteiger partial charge in [0, 0.05) is 12.1 Å². The van der Waals surface area contributed by atoms with Crippen LogP contribution in [0.2, 0.25) is 0 Å². The normalized spacial score (nSPS) is 22.4. The second-order valence-electron chi connectivity index (χ2n) is 7.64. The van der Waals surface area contributed by atoms with Crippen molar-refractivity contribution in [2.75, 3.05) is 33.5 Å². The largest absolute Gasteiger partial charge is 0.489 e. The molecular formula is C22H25BN4O5. The third kappa shape index (κ3) is 4.80. The number of rotatable bonds is 1. The van der Waals surface area contributed by atoms with Crippen LogP contribution >= 0.6 is 0 Å². The van der Waals surface area contributed by atoms with Gasteiger partial charge in [-0.3, -0.25) is 4.79 Å². The van der Waals surface area contributed by atoms with Crippen LogP contribution in [-0.2, 0) is 14.3 Å². The molecule has 166 valence electrons. The Hall–Kier alpha value is -3.27. The van der Waals surface area contributed by atoms with E-state index < -0.39 is 12.1 Å². The van der Waals surface area contributed by atoms with Gasteiger partial charge in [0.25, 0.3) is 0 Å². The minimum atomic E-state index is -0.862. The quantitative estimate of drug-likeness (QED) is 0.515. The van der Waals surface area contributed by atoms with E-state index in [0.29, 0.717) is 30.2 Å². The number of benzene rings is 1. The standard InChI is InChI=1S/C22H25BN4O5/c1-30-22(29)26-17-13-31-9-2-3-10-32-19-11-14(23)6-7-15(19)16-12-24-20(25-16)18-5-4-8-27(18)21(17)28/h2-3,6-7,11-12,17-18H,4-5,8-10,13H2,1H3,(H,24,25)(H,26,29)/b3-2-. The van der Waals surface area contributed by atoms with Crippen molar-refractivity contribution in [1.82, 2.24) is 20.2 Å². The number of hydrogen-bond acceptors (Lipinski definition) is 6. The molecule has 2 N–H and O–H groups in total. The van der Waals surface area contributed by atoms with Gasteiger partial charge in [-0.05, 0) is 31.1 Å². The van der Waals surface area contributed by atoms with Crippen molar-refractivity contribution in [3.63, 3.8) is 0 Å². The number of ether oxygens (including phenoxy) is 3. The number of fused-ring (bicyclic) bond motifs is 6. The van der Waals surface area contributed by atoms with Crippen molar-refractivity contribution < 1.29 is 23.8 Å². The van der Waals surface area contributed by atoms with E-state index >= 15 is 0 Å². The van der Waals surface area contributed by atoms with Crippen molar-refractivity contribution in [3.8, 4) is 17.0 Å². The van der Waals surface area contributed by atoms with Crippen LogP contribution in [0.3, 0.4) is 0 Å². The highest BCUT2D eigenvalue weighted by Crippen LogP contribution is 2.34. The maximum absolute atomic E-state index is 13.3. The van der Waals surface area contributed by atoms with E-state index in [1.54, 1.807) is 29.3 Å². The molecular weight excluding hydrogens is 411 g/mol. The Balaban J connectivity index is 1.67. The predicted octanol–water partition coefficient (Wildman–Crippen LogP) is 1.22. The van der Waals surface area contributed by atoms with Crippen LogP contribution in [0.4, 0.5) is 4.79 Å². The third-order valence-corrected chi connectivity index (χ3v) is 5.52. The first-order valence-electron chi connectivity index (χ1n) is 10.5. The second-order valence-corrected chi connectivity index (χ2v) is 7.64. The highest BCUT2D eigenvalue weighted by Gasteiger charge is 2.36. The number of aromatic nitrogens is 2. The van der Waals surface area contributed by atoms with Crippen molar-refractivity contribution in [2.45, 2.75) is 24.9 Å². The molecule has 0 saturated carbocycles. The number of nitrogens with zero attached hydrogens (tertiary/aromatic N) is 2. The second kappa shape index (κ2) is 9.91. The molecule has 2 aliphatic heterocycles. The van der Waals surface area contributed by atoms with Crippen LogP contribution in [0.15, 0.2) is 36.5 Å².